The summed E-state index contributed by atoms with van der Waals surface area (Å²) in [7, 11) is 0. The first-order valence-electron chi connectivity index (χ1n) is 8.87. The van der Waals surface area contributed by atoms with Crippen molar-refractivity contribution in [3.63, 3.8) is 0 Å². The van der Waals surface area contributed by atoms with Crippen molar-refractivity contribution in [1.82, 2.24) is 5.43 Å². The van der Waals surface area contributed by atoms with E-state index in [-0.39, 0.29) is 18.1 Å². The van der Waals surface area contributed by atoms with Crippen LogP contribution in [0.15, 0.2) is 59.7 Å². The number of aryl methyl sites for hydroxylation is 1. The summed E-state index contributed by atoms with van der Waals surface area (Å²) in [5.74, 6) is -0.961. The van der Waals surface area contributed by atoms with Crippen LogP contribution in [0.5, 0.6) is 0 Å². The minimum Gasteiger partial charge on any atom is -0.461 e. The lowest BCUT2D eigenvalue weighted by atomic mass is 9.67. The summed E-state index contributed by atoms with van der Waals surface area (Å²) in [6, 6.07) is 17.2. The van der Waals surface area contributed by atoms with Crippen molar-refractivity contribution in [1.29, 1.82) is 0 Å². The van der Waals surface area contributed by atoms with Gasteiger partial charge in [-0.05, 0) is 30.9 Å². The van der Waals surface area contributed by atoms with Crippen LogP contribution in [0.4, 0.5) is 0 Å². The van der Waals surface area contributed by atoms with E-state index in [9.17, 15) is 9.59 Å². The third-order valence-corrected chi connectivity index (χ3v) is 5.22. The highest BCUT2D eigenvalue weighted by Crippen LogP contribution is 2.43. The molecule has 4 rings (SSSR count). The number of hydrogen-bond acceptors (Lipinski definition) is 5. The van der Waals surface area contributed by atoms with Crippen LogP contribution in [0.25, 0.3) is 0 Å². The number of hydrogen-bond donors (Lipinski definition) is 1. The molecule has 1 aliphatic heterocycles. The Morgan fingerprint density at radius 1 is 1.19 bits per heavy atom. The van der Waals surface area contributed by atoms with E-state index in [2.05, 4.69) is 10.5 Å². The molecule has 1 N–H and O–H groups in total. The van der Waals surface area contributed by atoms with Gasteiger partial charge in [0.1, 0.15) is 5.54 Å². The fourth-order valence-corrected chi connectivity index (χ4v) is 4.01. The van der Waals surface area contributed by atoms with Crippen LogP contribution in [0.3, 0.4) is 0 Å². The first-order valence-corrected chi connectivity index (χ1v) is 8.87. The standard InChI is InChI=1S/C21H20N2O3/c1-2-26-20(25)18-17(15-9-4-3-5-10-15)21(23-22-18)13-12-14-8-6-7-11-16(14)19(21)24/h3-11,17,23H,2,12-13H2,1H3. The third-order valence-electron chi connectivity index (χ3n) is 5.22. The summed E-state index contributed by atoms with van der Waals surface area (Å²) < 4.78 is 5.20. The number of nitrogens with one attached hydrogen (secondary N) is 1. The summed E-state index contributed by atoms with van der Waals surface area (Å²) in [6.07, 6.45) is 1.33. The van der Waals surface area contributed by atoms with Gasteiger partial charge in [0.25, 0.3) is 0 Å². The Morgan fingerprint density at radius 2 is 1.92 bits per heavy atom. The molecule has 0 saturated carbocycles. The molecule has 5 nitrogen and oxygen atoms in total. The van der Waals surface area contributed by atoms with Crippen LogP contribution in [0.1, 0.15) is 40.7 Å². The first-order chi connectivity index (χ1) is 12.7. The van der Waals surface area contributed by atoms with Gasteiger partial charge in [0.15, 0.2) is 11.5 Å². The zero-order valence-corrected chi connectivity index (χ0v) is 14.6. The van der Waals surface area contributed by atoms with Crippen molar-refractivity contribution in [3.05, 3.63) is 71.3 Å². The molecule has 2 atom stereocenters. The van der Waals surface area contributed by atoms with E-state index in [1.165, 1.54) is 0 Å². The third kappa shape index (κ3) is 2.43. The second-order valence-corrected chi connectivity index (χ2v) is 6.63. The van der Waals surface area contributed by atoms with Crippen LogP contribution in [0.2, 0.25) is 0 Å². The number of carbonyl (C=O) groups is 2. The largest absolute Gasteiger partial charge is 0.461 e. The summed E-state index contributed by atoms with van der Waals surface area (Å²) in [4.78, 5) is 26.0. The van der Waals surface area contributed by atoms with E-state index < -0.39 is 17.4 Å². The molecule has 2 aromatic rings. The van der Waals surface area contributed by atoms with Gasteiger partial charge in [-0.25, -0.2) is 4.79 Å². The molecule has 1 heterocycles. The molecule has 1 spiro atoms. The highest BCUT2D eigenvalue weighted by molar-refractivity contribution is 6.40. The molecular formula is C21H20N2O3. The van der Waals surface area contributed by atoms with Crippen molar-refractivity contribution in [3.8, 4) is 0 Å². The lowest BCUT2D eigenvalue weighted by molar-refractivity contribution is -0.135. The van der Waals surface area contributed by atoms with Gasteiger partial charge >= 0.3 is 5.97 Å². The van der Waals surface area contributed by atoms with E-state index in [4.69, 9.17) is 4.74 Å². The van der Waals surface area contributed by atoms with E-state index in [1.54, 1.807) is 6.92 Å². The number of hydrazone groups is 1. The maximum atomic E-state index is 13.5. The second kappa shape index (κ2) is 6.41. The molecule has 0 saturated heterocycles. The van der Waals surface area contributed by atoms with Crippen molar-refractivity contribution >= 4 is 17.5 Å². The smallest absolute Gasteiger partial charge is 0.355 e. The lowest BCUT2D eigenvalue weighted by Crippen LogP contribution is -2.55. The van der Waals surface area contributed by atoms with Crippen molar-refractivity contribution in [2.45, 2.75) is 31.2 Å². The van der Waals surface area contributed by atoms with Crippen LogP contribution in [-0.4, -0.2) is 29.6 Å². The SMILES string of the molecule is CCOC(=O)C1=NNC2(CCc3ccccc3C2=O)C1c1ccccc1. The molecule has 5 heteroatoms. The van der Waals surface area contributed by atoms with Crippen LogP contribution in [0, 0.1) is 0 Å². The molecule has 132 valence electrons. The van der Waals surface area contributed by atoms with Crippen LogP contribution < -0.4 is 5.43 Å². The minimum absolute atomic E-state index is 0.0174. The van der Waals surface area contributed by atoms with Crippen molar-refractivity contribution in [2.24, 2.45) is 5.10 Å². The van der Waals surface area contributed by atoms with Gasteiger partial charge in [0.2, 0.25) is 0 Å². The van der Waals surface area contributed by atoms with E-state index in [1.807, 2.05) is 54.6 Å². The Morgan fingerprint density at radius 3 is 2.69 bits per heavy atom. The Hall–Kier alpha value is -2.95. The van der Waals surface area contributed by atoms with Crippen molar-refractivity contribution < 1.29 is 14.3 Å². The zero-order valence-electron chi connectivity index (χ0n) is 14.6. The molecule has 26 heavy (non-hydrogen) atoms. The van der Waals surface area contributed by atoms with E-state index in [0.29, 0.717) is 12.0 Å². The quantitative estimate of drug-likeness (QED) is 0.866. The number of ether oxygens (including phenoxy) is 1. The summed E-state index contributed by atoms with van der Waals surface area (Å²) in [6.45, 7) is 2.03. The number of rotatable bonds is 3. The first kappa shape index (κ1) is 16.5. The average molecular weight is 348 g/mol. The molecule has 0 bridgehead atoms. The molecule has 2 aliphatic rings. The number of Topliss-reactive ketones (excluding diaryl/α,β-unsaturated/α-hetero) is 1. The molecule has 0 aromatic heterocycles. The maximum absolute atomic E-state index is 13.5. The Balaban J connectivity index is 1.82. The van der Waals surface area contributed by atoms with Crippen LogP contribution in [-0.2, 0) is 16.0 Å². The number of nitrogens with zero attached hydrogens (tertiary/aromatic N) is 1. The van der Waals surface area contributed by atoms with Gasteiger partial charge in [-0.1, -0.05) is 54.6 Å². The minimum atomic E-state index is -0.947. The number of ketones is 1. The number of fused-ring (bicyclic) bond motifs is 1. The van der Waals surface area contributed by atoms with Crippen LogP contribution >= 0.6 is 0 Å². The Bertz CT molecular complexity index is 891. The molecular weight excluding hydrogens is 328 g/mol. The van der Waals surface area contributed by atoms with Gasteiger partial charge in [-0.15, -0.1) is 0 Å². The van der Waals surface area contributed by atoms with Gasteiger partial charge in [-0.3, -0.25) is 10.2 Å². The summed E-state index contributed by atoms with van der Waals surface area (Å²) >= 11 is 0. The monoisotopic (exact) mass is 348 g/mol. The number of esters is 1. The Labute approximate surface area is 152 Å². The fourth-order valence-electron chi connectivity index (χ4n) is 4.01. The van der Waals surface area contributed by atoms with Gasteiger partial charge < -0.3 is 4.74 Å². The predicted octanol–water partition coefficient (Wildman–Crippen LogP) is 2.86. The summed E-state index contributed by atoms with van der Waals surface area (Å²) in [5, 5.41) is 4.28. The lowest BCUT2D eigenvalue weighted by Gasteiger charge is -2.37. The normalized spacial score (nSPS) is 24.0. The van der Waals surface area contributed by atoms with E-state index in [0.717, 1.165) is 17.5 Å². The van der Waals surface area contributed by atoms with E-state index >= 15 is 0 Å². The fraction of sp³-hybridized carbons (Fsp3) is 0.286. The summed E-state index contributed by atoms with van der Waals surface area (Å²) in [5.41, 5.74) is 4.99. The molecule has 2 unspecified atom stereocenters. The zero-order chi connectivity index (χ0) is 18.1. The second-order valence-electron chi connectivity index (χ2n) is 6.63. The predicted molar refractivity (Wildman–Crippen MR) is 98.2 cm³/mol. The van der Waals surface area contributed by atoms with Gasteiger partial charge in [0.05, 0.1) is 12.5 Å². The van der Waals surface area contributed by atoms with Crippen molar-refractivity contribution in [2.75, 3.05) is 6.61 Å². The molecule has 1 aliphatic carbocycles. The maximum Gasteiger partial charge on any atom is 0.355 e. The van der Waals surface area contributed by atoms with Gasteiger partial charge in [0, 0.05) is 5.56 Å². The highest BCUT2D eigenvalue weighted by atomic mass is 16.5. The van der Waals surface area contributed by atoms with Gasteiger partial charge in [-0.2, -0.15) is 5.10 Å². The molecule has 0 amide bonds. The number of benzene rings is 2. The molecule has 2 aromatic carbocycles. The highest BCUT2D eigenvalue weighted by Gasteiger charge is 2.55. The Kier molecular flexibility index (Phi) is 4.07. The molecule has 0 fully saturated rings. The average Bonchev–Trinajstić information content (AvgIpc) is 3.06. The number of carbonyl (C=O) groups excluding carboxylic acids is 2. The molecule has 0 radical (unpaired) electrons. The topological polar surface area (TPSA) is 67.8 Å².